The van der Waals surface area contributed by atoms with Gasteiger partial charge in [-0.1, -0.05) is 24.3 Å². The van der Waals surface area contributed by atoms with Crippen molar-refractivity contribution < 1.29 is 14.0 Å². The normalized spacial score (nSPS) is 25.5. The van der Waals surface area contributed by atoms with Crippen LogP contribution in [0.5, 0.6) is 0 Å². The zero-order valence-electron chi connectivity index (χ0n) is 15.0. The van der Waals surface area contributed by atoms with Crippen LogP contribution in [0.3, 0.4) is 0 Å². The van der Waals surface area contributed by atoms with Gasteiger partial charge < -0.3 is 14.0 Å². The Morgan fingerprint density at radius 1 is 0.957 bits per heavy atom. The van der Waals surface area contributed by atoms with E-state index in [1.807, 2.05) is 0 Å². The first-order chi connectivity index (χ1) is 10.8. The second-order valence-electron chi connectivity index (χ2n) is 7.58. The molecule has 23 heavy (non-hydrogen) atoms. The van der Waals surface area contributed by atoms with Crippen molar-refractivity contribution in [2.45, 2.75) is 51.9 Å². The van der Waals surface area contributed by atoms with Crippen LogP contribution in [0.15, 0.2) is 24.3 Å². The van der Waals surface area contributed by atoms with Gasteiger partial charge in [-0.3, -0.25) is 4.90 Å². The number of morpholine rings is 1. The Kier molecular flexibility index (Phi) is 4.58. The average molecular weight is 317 g/mol. The molecule has 1 aromatic rings. The van der Waals surface area contributed by atoms with E-state index in [0.29, 0.717) is 6.04 Å². The number of benzene rings is 1. The van der Waals surface area contributed by atoms with Crippen LogP contribution in [0.1, 0.15) is 46.2 Å². The van der Waals surface area contributed by atoms with Crippen LogP contribution < -0.4 is 5.46 Å². The maximum atomic E-state index is 6.12. The van der Waals surface area contributed by atoms with Crippen LogP contribution in [0.25, 0.3) is 0 Å². The molecule has 2 aliphatic rings. The van der Waals surface area contributed by atoms with Crippen molar-refractivity contribution in [3.8, 4) is 0 Å². The van der Waals surface area contributed by atoms with E-state index < -0.39 is 0 Å². The number of nitrogens with zero attached hydrogens (tertiary/aromatic N) is 1. The Morgan fingerprint density at radius 3 is 2.00 bits per heavy atom. The summed E-state index contributed by atoms with van der Waals surface area (Å²) in [4.78, 5) is 2.47. The Hall–Kier alpha value is -0.875. The molecule has 0 aromatic heterocycles. The maximum absolute atomic E-state index is 6.12. The summed E-state index contributed by atoms with van der Waals surface area (Å²) in [5.74, 6) is 0. The predicted molar refractivity (Wildman–Crippen MR) is 93.0 cm³/mol. The van der Waals surface area contributed by atoms with Gasteiger partial charge in [0, 0.05) is 19.1 Å². The highest BCUT2D eigenvalue weighted by molar-refractivity contribution is 6.62. The quantitative estimate of drug-likeness (QED) is 0.801. The van der Waals surface area contributed by atoms with Crippen molar-refractivity contribution in [1.82, 2.24) is 4.90 Å². The van der Waals surface area contributed by atoms with Gasteiger partial charge >= 0.3 is 7.12 Å². The number of hydrogen-bond acceptors (Lipinski definition) is 4. The van der Waals surface area contributed by atoms with E-state index in [-0.39, 0.29) is 18.3 Å². The summed E-state index contributed by atoms with van der Waals surface area (Å²) in [5, 5.41) is 0. The summed E-state index contributed by atoms with van der Waals surface area (Å²) in [5.41, 5.74) is 1.82. The van der Waals surface area contributed by atoms with Gasteiger partial charge in [0.15, 0.2) is 0 Å². The van der Waals surface area contributed by atoms with E-state index in [2.05, 4.69) is 63.8 Å². The first-order valence-corrected chi connectivity index (χ1v) is 8.57. The highest BCUT2D eigenvalue weighted by Crippen LogP contribution is 2.36. The molecule has 0 radical (unpaired) electrons. The van der Waals surface area contributed by atoms with Gasteiger partial charge in [0.25, 0.3) is 0 Å². The summed E-state index contributed by atoms with van der Waals surface area (Å²) >= 11 is 0. The smallest absolute Gasteiger partial charge is 0.399 e. The standard InChI is InChI=1S/C18H28BNO3/c1-14(20-10-12-21-13-11-20)15-6-8-16(9-7-15)19-22-17(2,3)18(4,5)23-19/h6-9,14H,10-13H2,1-5H3/t14-/m0/s1. The van der Waals surface area contributed by atoms with Crippen LogP contribution in [-0.4, -0.2) is 49.5 Å². The highest BCUT2D eigenvalue weighted by atomic mass is 16.7. The molecule has 2 aliphatic heterocycles. The molecule has 2 fully saturated rings. The van der Waals surface area contributed by atoms with E-state index in [0.717, 1.165) is 31.8 Å². The summed E-state index contributed by atoms with van der Waals surface area (Å²) in [7, 11) is -0.284. The molecule has 4 nitrogen and oxygen atoms in total. The van der Waals surface area contributed by atoms with Gasteiger partial charge in [0.05, 0.1) is 24.4 Å². The molecule has 0 N–H and O–H groups in total. The molecule has 0 bridgehead atoms. The van der Waals surface area contributed by atoms with Crippen molar-refractivity contribution in [3.05, 3.63) is 29.8 Å². The minimum Gasteiger partial charge on any atom is -0.399 e. The lowest BCUT2D eigenvalue weighted by Gasteiger charge is -2.32. The molecule has 2 saturated heterocycles. The monoisotopic (exact) mass is 317 g/mol. The lowest BCUT2D eigenvalue weighted by Crippen LogP contribution is -2.41. The fraction of sp³-hybridized carbons (Fsp3) is 0.667. The minimum absolute atomic E-state index is 0.284. The highest BCUT2D eigenvalue weighted by Gasteiger charge is 2.51. The molecule has 0 unspecified atom stereocenters. The molecule has 126 valence electrons. The summed E-state index contributed by atoms with van der Waals surface area (Å²) in [6, 6.07) is 9.07. The second kappa shape index (κ2) is 6.21. The van der Waals surface area contributed by atoms with Crippen LogP contribution in [0, 0.1) is 0 Å². The average Bonchev–Trinajstić information content (AvgIpc) is 2.76. The third-order valence-corrected chi connectivity index (χ3v) is 5.54. The van der Waals surface area contributed by atoms with Crippen LogP contribution in [-0.2, 0) is 14.0 Å². The molecule has 2 heterocycles. The van der Waals surface area contributed by atoms with Crippen molar-refractivity contribution in [2.75, 3.05) is 26.3 Å². The Labute approximate surface area is 140 Å². The SMILES string of the molecule is C[C@@H](c1ccc(B2OC(C)(C)C(C)(C)O2)cc1)N1CCOCC1. The molecular weight excluding hydrogens is 289 g/mol. The number of rotatable bonds is 3. The van der Waals surface area contributed by atoms with E-state index >= 15 is 0 Å². The first-order valence-electron chi connectivity index (χ1n) is 8.57. The van der Waals surface area contributed by atoms with Gasteiger partial charge in [0.2, 0.25) is 0 Å². The summed E-state index contributed by atoms with van der Waals surface area (Å²) in [6.07, 6.45) is 0. The lowest BCUT2D eigenvalue weighted by molar-refractivity contribution is 0.00578. The van der Waals surface area contributed by atoms with E-state index in [4.69, 9.17) is 14.0 Å². The fourth-order valence-corrected chi connectivity index (χ4v) is 3.09. The minimum atomic E-state index is -0.294. The number of ether oxygens (including phenoxy) is 1. The molecule has 3 rings (SSSR count). The van der Waals surface area contributed by atoms with Gasteiger partial charge in [-0.25, -0.2) is 0 Å². The van der Waals surface area contributed by atoms with Gasteiger partial charge in [-0.15, -0.1) is 0 Å². The molecule has 0 aliphatic carbocycles. The Bertz CT molecular complexity index is 522. The van der Waals surface area contributed by atoms with Gasteiger partial charge in [-0.2, -0.15) is 0 Å². The molecule has 0 spiro atoms. The van der Waals surface area contributed by atoms with Crippen molar-refractivity contribution >= 4 is 12.6 Å². The summed E-state index contributed by atoms with van der Waals surface area (Å²) in [6.45, 7) is 14.3. The van der Waals surface area contributed by atoms with Gasteiger partial charge in [0.1, 0.15) is 0 Å². The van der Waals surface area contributed by atoms with Crippen molar-refractivity contribution in [1.29, 1.82) is 0 Å². The molecule has 0 amide bonds. The largest absolute Gasteiger partial charge is 0.494 e. The summed E-state index contributed by atoms with van der Waals surface area (Å²) < 4.78 is 17.7. The van der Waals surface area contributed by atoms with Crippen LogP contribution >= 0.6 is 0 Å². The molecule has 0 saturated carbocycles. The first kappa shape index (κ1) is 17.0. The van der Waals surface area contributed by atoms with Crippen molar-refractivity contribution in [3.63, 3.8) is 0 Å². The maximum Gasteiger partial charge on any atom is 0.494 e. The Morgan fingerprint density at radius 2 is 1.48 bits per heavy atom. The number of hydrogen-bond donors (Lipinski definition) is 0. The zero-order valence-corrected chi connectivity index (χ0v) is 15.0. The topological polar surface area (TPSA) is 30.9 Å². The van der Waals surface area contributed by atoms with Crippen LogP contribution in [0.4, 0.5) is 0 Å². The molecular formula is C18H28BNO3. The molecule has 1 atom stereocenters. The molecule has 1 aromatic carbocycles. The lowest BCUT2D eigenvalue weighted by atomic mass is 9.78. The van der Waals surface area contributed by atoms with Gasteiger partial charge in [-0.05, 0) is 45.6 Å². The Balaban J connectivity index is 1.70. The fourth-order valence-electron chi connectivity index (χ4n) is 3.09. The van der Waals surface area contributed by atoms with Crippen LogP contribution in [0.2, 0.25) is 0 Å². The van der Waals surface area contributed by atoms with E-state index in [9.17, 15) is 0 Å². The van der Waals surface area contributed by atoms with E-state index in [1.165, 1.54) is 5.56 Å². The zero-order chi connectivity index (χ0) is 16.7. The second-order valence-corrected chi connectivity index (χ2v) is 7.58. The molecule has 5 heteroatoms. The van der Waals surface area contributed by atoms with E-state index in [1.54, 1.807) is 0 Å². The third kappa shape index (κ3) is 3.34. The predicted octanol–water partition coefficient (Wildman–Crippen LogP) is 2.38. The third-order valence-electron chi connectivity index (χ3n) is 5.54. The van der Waals surface area contributed by atoms with Crippen molar-refractivity contribution in [2.24, 2.45) is 0 Å².